The number of hydrogen-bond donors (Lipinski definition) is 0. The van der Waals surface area contributed by atoms with Gasteiger partial charge in [-0.2, -0.15) is 0 Å². The van der Waals surface area contributed by atoms with E-state index in [0.29, 0.717) is 0 Å². The van der Waals surface area contributed by atoms with E-state index < -0.39 is 32.3 Å². The SMILES string of the molecule is C[Si](C)(C)c1ccc(N(c2ccc(-c3ccc4ccc5c(-c6ccc(N(c7ccc([Si](C)(C)C)cc7)c7ccc([Si](C)(C)C)cc7)cc6)ccc6ccc3c4c65)cc2)c2ccc([Si](C)(C)C)cc2)cc1. The van der Waals surface area contributed by atoms with Gasteiger partial charge in [0.15, 0.2) is 0 Å². The van der Waals surface area contributed by atoms with Gasteiger partial charge in [-0.15, -0.1) is 0 Å². The topological polar surface area (TPSA) is 6.48 Å². The highest BCUT2D eigenvalue weighted by Gasteiger charge is 2.23. The van der Waals surface area contributed by atoms with Crippen molar-refractivity contribution in [3.63, 3.8) is 0 Å². The van der Waals surface area contributed by atoms with Crippen LogP contribution in [0, 0.1) is 0 Å². The highest BCUT2D eigenvalue weighted by molar-refractivity contribution is 6.90. The summed E-state index contributed by atoms with van der Waals surface area (Å²) in [5.74, 6) is 0. The molecule has 10 aromatic rings. The molecule has 350 valence electrons. The third-order valence-electron chi connectivity index (χ3n) is 14.5. The minimum Gasteiger partial charge on any atom is -0.311 e. The predicted octanol–water partition coefficient (Wildman–Crippen LogP) is 17.0. The molecule has 0 saturated heterocycles. The maximum absolute atomic E-state index is 2.42. The molecule has 2 nitrogen and oxygen atoms in total. The summed E-state index contributed by atoms with van der Waals surface area (Å²) in [4.78, 5) is 4.83. The summed E-state index contributed by atoms with van der Waals surface area (Å²) in [5.41, 5.74) is 12.0. The lowest BCUT2D eigenvalue weighted by atomic mass is 9.87. The largest absolute Gasteiger partial charge is 0.311 e. The smallest absolute Gasteiger partial charge is 0.0775 e. The first-order valence-electron chi connectivity index (χ1n) is 25.2. The van der Waals surface area contributed by atoms with E-state index >= 15 is 0 Å². The van der Waals surface area contributed by atoms with Gasteiger partial charge in [0.05, 0.1) is 32.3 Å². The molecule has 10 rings (SSSR count). The molecule has 10 aromatic carbocycles. The average Bonchev–Trinajstić information content (AvgIpc) is 3.33. The first-order chi connectivity index (χ1) is 33.2. The first-order valence-corrected chi connectivity index (χ1v) is 39.2. The molecule has 0 fully saturated rings. The molecule has 0 bridgehead atoms. The van der Waals surface area contributed by atoms with Crippen molar-refractivity contribution >= 4 is 119 Å². The van der Waals surface area contributed by atoms with Crippen LogP contribution in [0.25, 0.3) is 54.6 Å². The second-order valence-corrected chi connectivity index (χ2v) is 43.9. The Morgan fingerprint density at radius 3 is 0.671 bits per heavy atom. The van der Waals surface area contributed by atoms with Gasteiger partial charge in [0, 0.05) is 34.1 Å². The van der Waals surface area contributed by atoms with Crippen molar-refractivity contribution in [3.05, 3.63) is 194 Å². The second-order valence-electron chi connectivity index (χ2n) is 23.6. The molecule has 0 aromatic heterocycles. The minimum absolute atomic E-state index is 1.15. The molecule has 0 amide bonds. The van der Waals surface area contributed by atoms with Crippen molar-refractivity contribution in [2.45, 2.75) is 78.6 Å². The zero-order chi connectivity index (χ0) is 49.3. The zero-order valence-corrected chi connectivity index (χ0v) is 47.4. The number of anilines is 6. The summed E-state index contributed by atoms with van der Waals surface area (Å²) < 4.78 is 0. The normalized spacial score (nSPS) is 12.6. The van der Waals surface area contributed by atoms with Gasteiger partial charge in [-0.25, -0.2) is 0 Å². The highest BCUT2D eigenvalue weighted by Crippen LogP contribution is 2.44. The van der Waals surface area contributed by atoms with Crippen molar-refractivity contribution in [3.8, 4) is 22.3 Å². The van der Waals surface area contributed by atoms with E-state index in [1.54, 1.807) is 0 Å². The molecule has 0 N–H and O–H groups in total. The fraction of sp³-hybridized carbons (Fsp3) is 0.188. The van der Waals surface area contributed by atoms with Gasteiger partial charge in [-0.3, -0.25) is 0 Å². The Balaban J connectivity index is 1.02. The van der Waals surface area contributed by atoms with Crippen LogP contribution in [0.5, 0.6) is 0 Å². The van der Waals surface area contributed by atoms with Gasteiger partial charge in [0.2, 0.25) is 0 Å². The van der Waals surface area contributed by atoms with Crippen molar-refractivity contribution in [2.75, 3.05) is 9.80 Å². The van der Waals surface area contributed by atoms with E-state index in [1.807, 2.05) is 0 Å². The molecule has 0 aliphatic rings. The maximum Gasteiger partial charge on any atom is 0.0775 e. The standard InChI is InChI=1S/C64H68N2Si4/c1-67(2,3)55-33-25-51(26-34-55)65(52-27-35-56(36-28-52)68(4,5)6)49-21-13-45(14-22-49)59-41-17-47-20-44-62-60(42-18-48-19-43-61(59)63(47)64(48)62)46-15-23-50(24-16-46)66(53-29-37-57(38-30-53)69(7,8)9)54-31-39-58(40-32-54)70(10,11)12/h13-44H,1-12H3. The van der Waals surface area contributed by atoms with Crippen LogP contribution < -0.4 is 30.5 Å². The molecule has 0 saturated carbocycles. The third-order valence-corrected chi connectivity index (χ3v) is 22.8. The van der Waals surface area contributed by atoms with Crippen molar-refractivity contribution in [2.24, 2.45) is 0 Å². The summed E-state index contributed by atoms with van der Waals surface area (Å²) in [7, 11) is -5.78. The number of hydrogen-bond acceptors (Lipinski definition) is 2. The second kappa shape index (κ2) is 17.8. The van der Waals surface area contributed by atoms with Crippen LogP contribution in [0.1, 0.15) is 0 Å². The van der Waals surface area contributed by atoms with E-state index in [4.69, 9.17) is 0 Å². The van der Waals surface area contributed by atoms with Crippen LogP contribution in [-0.2, 0) is 0 Å². The number of nitrogens with zero attached hydrogens (tertiary/aromatic N) is 2. The molecule has 70 heavy (non-hydrogen) atoms. The van der Waals surface area contributed by atoms with Gasteiger partial charge >= 0.3 is 0 Å². The molecule has 0 heterocycles. The first kappa shape index (κ1) is 47.4. The summed E-state index contributed by atoms with van der Waals surface area (Å²) >= 11 is 0. The summed E-state index contributed by atoms with van der Waals surface area (Å²) in [6.07, 6.45) is 0. The summed E-state index contributed by atoms with van der Waals surface area (Å²) in [6.45, 7) is 29.0. The molecular weight excluding hydrogens is 909 g/mol. The monoisotopic (exact) mass is 976 g/mol. The third kappa shape index (κ3) is 9.14. The van der Waals surface area contributed by atoms with Crippen LogP contribution in [0.2, 0.25) is 78.6 Å². The highest BCUT2D eigenvalue weighted by atomic mass is 28.3. The lowest BCUT2D eigenvalue weighted by Gasteiger charge is -2.28. The molecule has 0 aliphatic heterocycles. The van der Waals surface area contributed by atoms with E-state index in [1.165, 1.54) is 98.1 Å². The fourth-order valence-electron chi connectivity index (χ4n) is 10.2. The molecule has 0 unspecified atom stereocenters. The van der Waals surface area contributed by atoms with Crippen LogP contribution in [-0.4, -0.2) is 32.3 Å². The van der Waals surface area contributed by atoms with Crippen molar-refractivity contribution in [1.29, 1.82) is 0 Å². The van der Waals surface area contributed by atoms with E-state index in [9.17, 15) is 0 Å². The molecule has 0 aliphatic carbocycles. The predicted molar refractivity (Wildman–Crippen MR) is 322 cm³/mol. The van der Waals surface area contributed by atoms with Gasteiger partial charge in [0.1, 0.15) is 0 Å². The molecule has 6 heteroatoms. The summed E-state index contributed by atoms with van der Waals surface area (Å²) in [5, 5.41) is 13.7. The van der Waals surface area contributed by atoms with E-state index in [-0.39, 0.29) is 0 Å². The Labute approximate surface area is 421 Å². The maximum atomic E-state index is 2.42. The Bertz CT molecular complexity index is 3110. The van der Waals surface area contributed by atoms with Crippen LogP contribution in [0.15, 0.2) is 194 Å². The zero-order valence-electron chi connectivity index (χ0n) is 43.4. The Morgan fingerprint density at radius 2 is 0.443 bits per heavy atom. The molecular formula is C64H68N2Si4. The van der Waals surface area contributed by atoms with Gasteiger partial charge in [-0.1, -0.05) is 221 Å². The lowest BCUT2D eigenvalue weighted by Crippen LogP contribution is -2.37. The van der Waals surface area contributed by atoms with Gasteiger partial charge in [0.25, 0.3) is 0 Å². The van der Waals surface area contributed by atoms with E-state index in [0.717, 1.165) is 11.4 Å². The van der Waals surface area contributed by atoms with Crippen LogP contribution in [0.4, 0.5) is 34.1 Å². The van der Waals surface area contributed by atoms with Gasteiger partial charge < -0.3 is 9.80 Å². The Morgan fingerprint density at radius 1 is 0.229 bits per heavy atom. The Hall–Kier alpha value is -6.29. The molecule has 0 spiro atoms. The van der Waals surface area contributed by atoms with Crippen LogP contribution in [0.3, 0.4) is 0 Å². The minimum atomic E-state index is -1.44. The molecule has 0 radical (unpaired) electrons. The Kier molecular flexibility index (Phi) is 12.1. The van der Waals surface area contributed by atoms with Crippen molar-refractivity contribution < 1.29 is 0 Å². The average molecular weight is 978 g/mol. The number of benzene rings is 10. The molecule has 0 atom stereocenters. The van der Waals surface area contributed by atoms with Crippen molar-refractivity contribution in [1.82, 2.24) is 0 Å². The summed E-state index contributed by atoms with van der Waals surface area (Å²) in [6, 6.07) is 74.4. The van der Waals surface area contributed by atoms with Crippen LogP contribution >= 0.6 is 0 Å². The fourth-order valence-corrected chi connectivity index (χ4v) is 14.9. The van der Waals surface area contributed by atoms with E-state index in [2.05, 4.69) is 282 Å². The quantitative estimate of drug-likeness (QED) is 0.0889. The lowest BCUT2D eigenvalue weighted by molar-refractivity contribution is 1.29. The number of rotatable bonds is 12. The van der Waals surface area contributed by atoms with Gasteiger partial charge in [-0.05, 0) is 127 Å².